The molecule has 4 saturated carbocycles. The van der Waals surface area contributed by atoms with Crippen LogP contribution in [0.25, 0.3) is 27.8 Å². The summed E-state index contributed by atoms with van der Waals surface area (Å²) in [7, 11) is 0. The van der Waals surface area contributed by atoms with Gasteiger partial charge in [-0.1, -0.05) is 18.2 Å². The van der Waals surface area contributed by atoms with Crippen LogP contribution in [-0.2, 0) is 6.54 Å². The van der Waals surface area contributed by atoms with Gasteiger partial charge in [-0.25, -0.2) is 8.78 Å². The van der Waals surface area contributed by atoms with Crippen LogP contribution in [0.5, 0.6) is 0 Å². The van der Waals surface area contributed by atoms with E-state index in [0.29, 0.717) is 35.5 Å². The number of nitrogens with zero attached hydrogens (tertiary/aromatic N) is 3. The highest BCUT2D eigenvalue weighted by Crippen LogP contribution is 2.56. The highest BCUT2D eigenvalue weighted by atomic mass is 19.1. The Bertz CT molecular complexity index is 1780. The van der Waals surface area contributed by atoms with Gasteiger partial charge in [0.05, 0.1) is 11.0 Å². The molecule has 4 fully saturated rings. The van der Waals surface area contributed by atoms with Crippen molar-refractivity contribution in [3.8, 4) is 16.8 Å². The predicted octanol–water partition coefficient (Wildman–Crippen LogP) is 4.94. The van der Waals surface area contributed by atoms with E-state index < -0.39 is 28.1 Å². The summed E-state index contributed by atoms with van der Waals surface area (Å²) in [5.41, 5.74) is 2.44. The van der Waals surface area contributed by atoms with Crippen LogP contribution in [0.15, 0.2) is 81.4 Å². The molecular weight excluding hydrogens is 510 g/mol. The summed E-state index contributed by atoms with van der Waals surface area (Å²) >= 11 is 0. The molecule has 0 spiro atoms. The Morgan fingerprint density at radius 1 is 0.750 bits per heavy atom. The lowest BCUT2D eigenvalue weighted by Gasteiger charge is -2.54. The van der Waals surface area contributed by atoms with Gasteiger partial charge in [-0.2, -0.15) is 5.10 Å². The topological polar surface area (TPSA) is 82.4 Å². The summed E-state index contributed by atoms with van der Waals surface area (Å²) in [6, 6.07) is 17.8. The number of aromatic nitrogens is 2. The van der Waals surface area contributed by atoms with Gasteiger partial charge in [0.25, 0.3) is 11.1 Å². The minimum absolute atomic E-state index is 0.215. The molecule has 6 aliphatic rings. The molecular formula is C32H30F2N4O2. The third kappa shape index (κ3) is 4.26. The molecule has 0 radical (unpaired) electrons. The first kappa shape index (κ1) is 24.9. The molecule has 6 nitrogen and oxygen atoms in total. The van der Waals surface area contributed by atoms with Gasteiger partial charge >= 0.3 is 0 Å². The molecule has 0 unspecified atom stereocenters. The quantitative estimate of drug-likeness (QED) is 0.260. The molecule has 2 aromatic carbocycles. The molecule has 2 N–H and O–H groups in total. The summed E-state index contributed by atoms with van der Waals surface area (Å²) in [6.45, 7) is 0.440. The minimum atomic E-state index is -0.765. The number of nitrogens with two attached hydrogens (primary N) is 1. The van der Waals surface area contributed by atoms with Crippen molar-refractivity contribution in [2.75, 3.05) is 0 Å². The molecule has 0 atom stereocenters. The SMILES string of the molecule is NN=c1c(=O)n(CC2C3CC4CC(C3)CC2C4)c2ccc(F)cc2n(-c2ccc(F)cc2)c1=O.c1cc2cc-2c1. The zero-order valence-corrected chi connectivity index (χ0v) is 22.0. The van der Waals surface area contributed by atoms with Crippen molar-refractivity contribution in [3.63, 3.8) is 0 Å². The van der Waals surface area contributed by atoms with Crippen molar-refractivity contribution in [2.45, 2.75) is 38.6 Å². The molecule has 40 heavy (non-hydrogen) atoms. The second-order valence-corrected chi connectivity index (χ2v) is 11.8. The molecule has 0 aliphatic heterocycles. The van der Waals surface area contributed by atoms with Gasteiger partial charge in [0.1, 0.15) is 11.6 Å². The Labute approximate surface area is 229 Å². The van der Waals surface area contributed by atoms with Crippen LogP contribution in [0.3, 0.4) is 0 Å². The maximum absolute atomic E-state index is 14.4. The molecule has 0 saturated heterocycles. The predicted molar refractivity (Wildman–Crippen MR) is 149 cm³/mol. The van der Waals surface area contributed by atoms with Crippen LogP contribution in [0.4, 0.5) is 8.78 Å². The third-order valence-electron chi connectivity index (χ3n) is 9.46. The van der Waals surface area contributed by atoms with Gasteiger partial charge in [-0.05, 0) is 115 Å². The van der Waals surface area contributed by atoms with Crippen molar-refractivity contribution >= 4 is 11.0 Å². The molecule has 6 aliphatic carbocycles. The highest BCUT2D eigenvalue weighted by Gasteiger charge is 2.48. The van der Waals surface area contributed by atoms with Crippen molar-refractivity contribution in [1.82, 2.24) is 9.13 Å². The Kier molecular flexibility index (Phi) is 5.95. The van der Waals surface area contributed by atoms with Crippen molar-refractivity contribution in [3.05, 3.63) is 104 Å². The van der Waals surface area contributed by atoms with E-state index in [1.54, 1.807) is 4.57 Å². The van der Waals surface area contributed by atoms with E-state index >= 15 is 0 Å². The standard InChI is InChI=1S/C26H26F2N4O2.C6H4/c27-18-1-4-20(5-2-18)32-23-12-19(28)3-6-22(23)31(25(33)24(30-29)26(32)34)13-21-16-8-14-7-15(10-16)11-17(21)9-14;1-2-5-4-6(5)3-1/h1-6,12,14-17,21H,7-11,13,29H2;1-4H. The van der Waals surface area contributed by atoms with Crippen molar-refractivity contribution in [1.29, 1.82) is 0 Å². The summed E-state index contributed by atoms with van der Waals surface area (Å²) in [5.74, 6) is 7.54. The second kappa shape index (κ2) is 9.54. The molecule has 0 amide bonds. The summed E-state index contributed by atoms with van der Waals surface area (Å²) in [6.07, 6.45) is 6.08. The third-order valence-corrected chi connectivity index (χ3v) is 9.46. The van der Waals surface area contributed by atoms with Gasteiger partial charge in [-0.15, -0.1) is 0 Å². The lowest BCUT2D eigenvalue weighted by molar-refractivity contribution is -0.0429. The van der Waals surface area contributed by atoms with E-state index in [9.17, 15) is 18.4 Å². The number of hydrogen-bond acceptors (Lipinski definition) is 4. The highest BCUT2D eigenvalue weighted by molar-refractivity contribution is 5.80. The maximum atomic E-state index is 14.4. The van der Waals surface area contributed by atoms with Crippen LogP contribution < -0.4 is 22.3 Å². The molecule has 204 valence electrons. The van der Waals surface area contributed by atoms with Crippen LogP contribution in [0, 0.1) is 41.2 Å². The first-order chi connectivity index (χ1) is 19.4. The smallest absolute Gasteiger partial charge is 0.289 e. The van der Waals surface area contributed by atoms with Gasteiger partial charge in [0.15, 0.2) is 0 Å². The van der Waals surface area contributed by atoms with Gasteiger partial charge in [0.2, 0.25) is 5.36 Å². The molecule has 9 rings (SSSR count). The first-order valence-corrected chi connectivity index (χ1v) is 14.0. The van der Waals surface area contributed by atoms with E-state index in [1.807, 2.05) is 0 Å². The monoisotopic (exact) mass is 540 g/mol. The van der Waals surface area contributed by atoms with Crippen LogP contribution >= 0.6 is 0 Å². The van der Waals surface area contributed by atoms with Crippen LogP contribution in [-0.4, -0.2) is 9.13 Å². The largest absolute Gasteiger partial charge is 0.322 e. The fourth-order valence-corrected chi connectivity index (χ4v) is 7.81. The lowest BCUT2D eigenvalue weighted by atomic mass is 9.52. The number of fused-ring (bicyclic) bond motifs is 2. The van der Waals surface area contributed by atoms with E-state index in [0.717, 1.165) is 11.8 Å². The molecule has 1 heterocycles. The Hall–Kier alpha value is -4.07. The van der Waals surface area contributed by atoms with E-state index in [4.69, 9.17) is 5.84 Å². The lowest BCUT2D eigenvalue weighted by Crippen LogP contribution is -2.49. The average molecular weight is 541 g/mol. The van der Waals surface area contributed by atoms with Crippen molar-refractivity contribution in [2.24, 2.45) is 40.5 Å². The van der Waals surface area contributed by atoms with Gasteiger partial charge in [-0.3, -0.25) is 14.2 Å². The molecule has 1 aromatic heterocycles. The number of halogens is 2. The van der Waals surface area contributed by atoms with E-state index in [-0.39, 0.29) is 5.52 Å². The first-order valence-electron chi connectivity index (χ1n) is 14.0. The van der Waals surface area contributed by atoms with Gasteiger partial charge < -0.3 is 10.4 Å². The van der Waals surface area contributed by atoms with Gasteiger partial charge in [0, 0.05) is 18.3 Å². The fourth-order valence-electron chi connectivity index (χ4n) is 7.81. The van der Waals surface area contributed by atoms with Crippen LogP contribution in [0.2, 0.25) is 0 Å². The fraction of sp³-hybridized carbons (Fsp3) is 0.344. The average Bonchev–Trinajstić information content (AvgIpc) is 3.55. The Balaban J connectivity index is 0.000000386. The van der Waals surface area contributed by atoms with Crippen molar-refractivity contribution < 1.29 is 8.78 Å². The second-order valence-electron chi connectivity index (χ2n) is 11.8. The zero-order valence-electron chi connectivity index (χ0n) is 22.0. The normalized spacial score (nSPS) is 25.6. The molecule has 3 aromatic rings. The van der Waals surface area contributed by atoms with E-state index in [2.05, 4.69) is 29.4 Å². The zero-order chi connectivity index (χ0) is 27.5. The van der Waals surface area contributed by atoms with Crippen LogP contribution in [0.1, 0.15) is 32.1 Å². The molecule has 8 heteroatoms. The minimum Gasteiger partial charge on any atom is -0.322 e. The number of benzene rings is 3. The van der Waals surface area contributed by atoms with E-state index in [1.165, 1.54) is 90.3 Å². The Morgan fingerprint density at radius 2 is 1.38 bits per heavy atom. The summed E-state index contributed by atoms with van der Waals surface area (Å²) < 4.78 is 30.8. The Morgan fingerprint density at radius 3 is 1.93 bits per heavy atom. The molecule has 4 bridgehead atoms. The summed E-state index contributed by atoms with van der Waals surface area (Å²) in [4.78, 5) is 27.1. The number of rotatable bonds is 3. The summed E-state index contributed by atoms with van der Waals surface area (Å²) in [5, 5.41) is 3.14. The maximum Gasteiger partial charge on any atom is 0.289 e. The number of hydrogen-bond donors (Lipinski definition) is 1.